The van der Waals surface area contributed by atoms with Gasteiger partial charge in [0.1, 0.15) is 17.7 Å². The van der Waals surface area contributed by atoms with Gasteiger partial charge in [-0.15, -0.1) is 0 Å². The Morgan fingerprint density at radius 2 is 2.15 bits per heavy atom. The van der Waals surface area contributed by atoms with Crippen LogP contribution in [0, 0.1) is 0 Å². The normalized spacial score (nSPS) is 24.4. The molecular weight excluding hydrogens is 376 g/mol. The largest absolute Gasteiger partial charge is 0.489 e. The Kier molecular flexibility index (Phi) is 4.46. The average molecular weight is 397 g/mol. The molecule has 26 heavy (non-hydrogen) atoms. The molecule has 3 heterocycles. The molecule has 1 aromatic carbocycles. The van der Waals surface area contributed by atoms with E-state index >= 15 is 0 Å². The third-order valence-corrected chi connectivity index (χ3v) is 7.13. The van der Waals surface area contributed by atoms with Gasteiger partial charge in [-0.1, -0.05) is 11.6 Å². The minimum atomic E-state index is -3.65. The van der Waals surface area contributed by atoms with E-state index in [1.54, 1.807) is 18.5 Å². The number of halogens is 1. The van der Waals surface area contributed by atoms with E-state index < -0.39 is 10.0 Å². The summed E-state index contributed by atoms with van der Waals surface area (Å²) in [4.78, 5) is 9.71. The summed E-state index contributed by atoms with van der Waals surface area (Å²) in [5, 5.41) is 0.349. The van der Waals surface area contributed by atoms with Gasteiger partial charge in [0.25, 0.3) is 0 Å². The number of ether oxygens (including phenoxy) is 1. The van der Waals surface area contributed by atoms with Gasteiger partial charge >= 0.3 is 0 Å². The van der Waals surface area contributed by atoms with Crippen molar-refractivity contribution in [3.8, 4) is 5.75 Å². The van der Waals surface area contributed by atoms with Crippen molar-refractivity contribution < 1.29 is 13.2 Å². The smallest absolute Gasteiger partial charge is 0.243 e. The first-order valence-corrected chi connectivity index (χ1v) is 10.4. The Bertz CT molecular complexity index is 916. The molecule has 1 aromatic heterocycles. The van der Waals surface area contributed by atoms with Gasteiger partial charge in [0.2, 0.25) is 10.0 Å². The molecule has 9 heteroatoms. The van der Waals surface area contributed by atoms with Crippen molar-refractivity contribution in [2.24, 2.45) is 0 Å². The summed E-state index contributed by atoms with van der Waals surface area (Å²) in [6, 6.07) is 3.08. The molecular formula is C17H21ClN4O3S. The molecule has 7 nitrogen and oxygen atoms in total. The first-order valence-electron chi connectivity index (χ1n) is 8.55. The molecule has 0 unspecified atom stereocenters. The third-order valence-electron chi connectivity index (χ3n) is 5.00. The number of aromatic nitrogens is 2. The lowest BCUT2D eigenvalue weighted by Crippen LogP contribution is -2.49. The van der Waals surface area contributed by atoms with Crippen LogP contribution in [0.1, 0.15) is 24.4 Å². The van der Waals surface area contributed by atoms with Gasteiger partial charge in [0.05, 0.1) is 16.0 Å². The summed E-state index contributed by atoms with van der Waals surface area (Å²) >= 11 is 6.29. The molecule has 0 spiro atoms. The number of fused-ring (bicyclic) bond motifs is 1. The maximum absolute atomic E-state index is 13.2. The number of hydrogen-bond acceptors (Lipinski definition) is 5. The van der Waals surface area contributed by atoms with Crippen molar-refractivity contribution in [1.29, 1.82) is 0 Å². The molecule has 0 amide bonds. The van der Waals surface area contributed by atoms with Crippen molar-refractivity contribution in [2.75, 3.05) is 26.7 Å². The Balaban J connectivity index is 1.65. The number of piperazine rings is 1. The number of benzene rings is 1. The highest BCUT2D eigenvalue weighted by Gasteiger charge is 2.36. The summed E-state index contributed by atoms with van der Waals surface area (Å²) in [5.41, 5.74) is 0.847. The minimum absolute atomic E-state index is 0.00687. The molecule has 1 saturated heterocycles. The fourth-order valence-corrected chi connectivity index (χ4v) is 5.44. The van der Waals surface area contributed by atoms with Gasteiger partial charge in [-0.2, -0.15) is 4.31 Å². The van der Waals surface area contributed by atoms with Crippen LogP contribution < -0.4 is 4.74 Å². The molecule has 0 saturated carbocycles. The fourth-order valence-electron chi connectivity index (χ4n) is 3.58. The van der Waals surface area contributed by atoms with E-state index in [0.29, 0.717) is 36.8 Å². The average Bonchev–Trinajstić information content (AvgIpc) is 3.24. The number of likely N-dealkylation sites (N-methyl/N-ethyl adjacent to an activating group) is 1. The Morgan fingerprint density at radius 3 is 2.88 bits per heavy atom. The summed E-state index contributed by atoms with van der Waals surface area (Å²) in [6.07, 6.45) is 4.10. The summed E-state index contributed by atoms with van der Waals surface area (Å²) in [6.45, 7) is 3.34. The first kappa shape index (κ1) is 17.8. The number of rotatable bonds is 3. The van der Waals surface area contributed by atoms with Crippen LogP contribution in [0.25, 0.3) is 0 Å². The van der Waals surface area contributed by atoms with Crippen LogP contribution in [-0.4, -0.2) is 60.4 Å². The molecule has 2 aliphatic heterocycles. The van der Waals surface area contributed by atoms with E-state index in [-0.39, 0.29) is 17.0 Å². The zero-order valence-corrected chi connectivity index (χ0v) is 16.2. The maximum Gasteiger partial charge on any atom is 0.243 e. The van der Waals surface area contributed by atoms with Crippen LogP contribution in [0.2, 0.25) is 5.02 Å². The standard InChI is InChI=1S/C17H21ClN4O3S/c1-11-7-12-8-13(9-14(18)16(12)25-11)26(23,24)22-6-5-21(2)15(10-22)17-19-3-4-20-17/h3-4,8-9,11,15H,5-7,10H2,1-2H3,(H,19,20)/t11-,15+/m1/s1. The zero-order valence-electron chi connectivity index (χ0n) is 14.6. The molecule has 1 fully saturated rings. The molecule has 1 N–H and O–H groups in total. The molecule has 140 valence electrons. The topological polar surface area (TPSA) is 78.5 Å². The molecule has 0 bridgehead atoms. The van der Waals surface area contributed by atoms with Crippen LogP contribution >= 0.6 is 11.6 Å². The SMILES string of the molecule is C[C@@H]1Cc2cc(S(=O)(=O)N3CCN(C)[C@H](c4ncc[nH]4)C3)cc(Cl)c2O1. The quantitative estimate of drug-likeness (QED) is 0.859. The second kappa shape index (κ2) is 6.53. The first-order chi connectivity index (χ1) is 12.4. The Morgan fingerprint density at radius 1 is 1.35 bits per heavy atom. The summed E-state index contributed by atoms with van der Waals surface area (Å²) in [5.74, 6) is 1.37. The van der Waals surface area contributed by atoms with Gasteiger partial charge in [0.15, 0.2) is 0 Å². The van der Waals surface area contributed by atoms with Crippen molar-refractivity contribution in [1.82, 2.24) is 19.2 Å². The lowest BCUT2D eigenvalue weighted by Gasteiger charge is -2.37. The van der Waals surface area contributed by atoms with Crippen LogP contribution in [0.3, 0.4) is 0 Å². The van der Waals surface area contributed by atoms with E-state index in [1.165, 1.54) is 10.4 Å². The lowest BCUT2D eigenvalue weighted by atomic mass is 10.1. The minimum Gasteiger partial charge on any atom is -0.489 e. The predicted molar refractivity (Wildman–Crippen MR) is 98.0 cm³/mol. The van der Waals surface area contributed by atoms with E-state index in [2.05, 4.69) is 14.9 Å². The molecule has 2 aromatic rings. The molecule has 2 aliphatic rings. The number of nitrogens with one attached hydrogen (secondary N) is 1. The van der Waals surface area contributed by atoms with Gasteiger partial charge in [-0.05, 0) is 26.1 Å². The number of sulfonamides is 1. The Labute approximate surface area is 158 Å². The van der Waals surface area contributed by atoms with Crippen molar-refractivity contribution >= 4 is 21.6 Å². The number of H-pyrrole nitrogens is 1. The highest BCUT2D eigenvalue weighted by Crippen LogP contribution is 2.39. The Hall–Kier alpha value is -1.61. The van der Waals surface area contributed by atoms with Crippen LogP contribution in [0.4, 0.5) is 0 Å². The number of aromatic amines is 1. The highest BCUT2D eigenvalue weighted by atomic mass is 35.5. The fraction of sp³-hybridized carbons (Fsp3) is 0.471. The van der Waals surface area contributed by atoms with E-state index in [9.17, 15) is 8.42 Å². The van der Waals surface area contributed by atoms with Crippen molar-refractivity contribution in [3.05, 3.63) is 40.9 Å². The number of hydrogen-bond donors (Lipinski definition) is 1. The van der Waals surface area contributed by atoms with Crippen LogP contribution in [0.15, 0.2) is 29.4 Å². The van der Waals surface area contributed by atoms with Crippen LogP contribution in [-0.2, 0) is 16.4 Å². The van der Waals surface area contributed by atoms with Crippen molar-refractivity contribution in [3.63, 3.8) is 0 Å². The van der Waals surface area contributed by atoms with E-state index in [1.807, 2.05) is 14.0 Å². The van der Waals surface area contributed by atoms with Gasteiger partial charge in [0, 0.05) is 44.0 Å². The predicted octanol–water partition coefficient (Wildman–Crippen LogP) is 2.06. The van der Waals surface area contributed by atoms with Gasteiger partial charge in [-0.25, -0.2) is 13.4 Å². The van der Waals surface area contributed by atoms with E-state index in [4.69, 9.17) is 16.3 Å². The van der Waals surface area contributed by atoms with Crippen molar-refractivity contribution in [2.45, 2.75) is 30.4 Å². The summed E-state index contributed by atoms with van der Waals surface area (Å²) in [7, 11) is -1.67. The number of nitrogens with zero attached hydrogens (tertiary/aromatic N) is 3. The molecule has 2 atom stereocenters. The molecule has 0 radical (unpaired) electrons. The second-order valence-electron chi connectivity index (χ2n) is 6.86. The molecule has 4 rings (SSSR count). The second-order valence-corrected chi connectivity index (χ2v) is 9.20. The van der Waals surface area contributed by atoms with E-state index in [0.717, 1.165) is 11.4 Å². The van der Waals surface area contributed by atoms with Gasteiger partial charge < -0.3 is 9.72 Å². The van der Waals surface area contributed by atoms with Gasteiger partial charge in [-0.3, -0.25) is 4.90 Å². The van der Waals surface area contributed by atoms with Crippen LogP contribution in [0.5, 0.6) is 5.75 Å². The molecule has 0 aliphatic carbocycles. The maximum atomic E-state index is 13.2. The summed E-state index contributed by atoms with van der Waals surface area (Å²) < 4.78 is 33.6. The zero-order chi connectivity index (χ0) is 18.5. The lowest BCUT2D eigenvalue weighted by molar-refractivity contribution is 0.142. The monoisotopic (exact) mass is 396 g/mol. The number of imidazole rings is 1. The third kappa shape index (κ3) is 3.00. The highest BCUT2D eigenvalue weighted by molar-refractivity contribution is 7.89.